The van der Waals surface area contributed by atoms with Crippen molar-refractivity contribution in [2.45, 2.75) is 13.1 Å². The molecule has 10 heteroatoms. The summed E-state index contributed by atoms with van der Waals surface area (Å²) in [6.07, 6.45) is -4.50. The first-order chi connectivity index (χ1) is 15.2. The molecule has 0 aliphatic heterocycles. The van der Waals surface area contributed by atoms with Crippen molar-refractivity contribution in [1.82, 2.24) is 15.3 Å². The summed E-state index contributed by atoms with van der Waals surface area (Å²) < 4.78 is 43.5. The number of halogens is 3. The van der Waals surface area contributed by atoms with E-state index < -0.39 is 17.6 Å². The Balaban J connectivity index is 1.54. The maximum Gasteiger partial charge on any atom is 0.416 e. The fourth-order valence-corrected chi connectivity index (χ4v) is 2.82. The van der Waals surface area contributed by atoms with Gasteiger partial charge in [0.2, 0.25) is 5.95 Å². The van der Waals surface area contributed by atoms with Crippen molar-refractivity contribution < 1.29 is 22.7 Å². The molecule has 0 unspecified atom stereocenters. The van der Waals surface area contributed by atoms with Crippen LogP contribution in [0.2, 0.25) is 0 Å². The third-order valence-corrected chi connectivity index (χ3v) is 4.36. The first-order valence-electron chi connectivity index (χ1n) is 9.71. The van der Waals surface area contributed by atoms with Crippen molar-refractivity contribution in [3.63, 3.8) is 0 Å². The molecule has 0 atom stereocenters. The van der Waals surface area contributed by atoms with Crippen LogP contribution in [0.5, 0.6) is 5.75 Å². The number of rotatable bonds is 8. The third kappa shape index (κ3) is 6.34. The van der Waals surface area contributed by atoms with Crippen molar-refractivity contribution in [2.75, 3.05) is 30.8 Å². The van der Waals surface area contributed by atoms with Crippen LogP contribution in [-0.4, -0.2) is 36.1 Å². The highest BCUT2D eigenvalue weighted by molar-refractivity contribution is 5.94. The number of anilines is 3. The van der Waals surface area contributed by atoms with E-state index >= 15 is 0 Å². The molecule has 168 valence electrons. The molecule has 3 rings (SSSR count). The first kappa shape index (κ1) is 22.9. The second kappa shape index (κ2) is 9.99. The summed E-state index contributed by atoms with van der Waals surface area (Å²) >= 11 is 0. The van der Waals surface area contributed by atoms with Crippen LogP contribution in [0.4, 0.5) is 30.6 Å². The van der Waals surface area contributed by atoms with Gasteiger partial charge in [-0.1, -0.05) is 6.07 Å². The zero-order chi connectivity index (χ0) is 23.1. The SMILES string of the molecule is COc1ccc(Nc2cc(C)nc(NCCNC(=O)c3cccc(C(F)(F)F)c3)n2)cc1. The molecule has 3 aromatic rings. The number of aryl methyl sites for hydroxylation is 1. The minimum atomic E-state index is -4.50. The summed E-state index contributed by atoms with van der Waals surface area (Å²) in [5, 5.41) is 8.75. The summed E-state index contributed by atoms with van der Waals surface area (Å²) in [6, 6.07) is 13.4. The second-order valence-electron chi connectivity index (χ2n) is 6.83. The standard InChI is InChI=1S/C22H22F3N5O2/c1-14-12-19(29-17-6-8-18(32-2)9-7-17)30-21(28-14)27-11-10-26-20(31)15-4-3-5-16(13-15)22(23,24)25/h3-9,12-13H,10-11H2,1-2H3,(H,26,31)(H2,27,28,29,30). The van der Waals surface area contributed by atoms with Crippen LogP contribution in [-0.2, 0) is 6.18 Å². The number of ether oxygens (including phenoxy) is 1. The van der Waals surface area contributed by atoms with Gasteiger partial charge >= 0.3 is 6.18 Å². The topological polar surface area (TPSA) is 88.2 Å². The first-order valence-corrected chi connectivity index (χ1v) is 9.71. The van der Waals surface area contributed by atoms with E-state index in [-0.39, 0.29) is 18.7 Å². The number of carbonyl (C=O) groups is 1. The highest BCUT2D eigenvalue weighted by atomic mass is 19.4. The molecular formula is C22H22F3N5O2. The van der Waals surface area contributed by atoms with Crippen molar-refractivity contribution >= 4 is 23.4 Å². The Morgan fingerprint density at radius 3 is 2.47 bits per heavy atom. The molecule has 1 aromatic heterocycles. The number of alkyl halides is 3. The van der Waals surface area contributed by atoms with E-state index in [4.69, 9.17) is 4.74 Å². The summed E-state index contributed by atoms with van der Waals surface area (Å²) in [5.41, 5.74) is 0.626. The largest absolute Gasteiger partial charge is 0.497 e. The Hall–Kier alpha value is -3.82. The van der Waals surface area contributed by atoms with Crippen LogP contribution < -0.4 is 20.7 Å². The predicted octanol–water partition coefficient (Wildman–Crippen LogP) is 4.40. The molecule has 0 saturated carbocycles. The van der Waals surface area contributed by atoms with E-state index in [0.29, 0.717) is 11.8 Å². The molecule has 0 aliphatic carbocycles. The van der Waals surface area contributed by atoms with Gasteiger partial charge in [-0.15, -0.1) is 0 Å². The normalized spacial score (nSPS) is 11.0. The Bertz CT molecular complexity index is 1070. The van der Waals surface area contributed by atoms with Gasteiger partial charge in [-0.05, 0) is 49.4 Å². The Labute approximate surface area is 183 Å². The van der Waals surface area contributed by atoms with E-state index in [9.17, 15) is 18.0 Å². The van der Waals surface area contributed by atoms with Crippen molar-refractivity contribution in [3.05, 3.63) is 71.4 Å². The predicted molar refractivity (Wildman–Crippen MR) is 115 cm³/mol. The number of nitrogens with one attached hydrogen (secondary N) is 3. The van der Waals surface area contributed by atoms with Gasteiger partial charge in [0, 0.05) is 36.1 Å². The molecule has 0 spiro atoms. The van der Waals surface area contributed by atoms with E-state index in [0.717, 1.165) is 29.3 Å². The minimum absolute atomic E-state index is 0.0578. The van der Waals surface area contributed by atoms with Gasteiger partial charge in [-0.2, -0.15) is 18.2 Å². The molecule has 0 fully saturated rings. The monoisotopic (exact) mass is 445 g/mol. The number of carbonyl (C=O) groups excluding carboxylic acids is 1. The van der Waals surface area contributed by atoms with Gasteiger partial charge in [-0.25, -0.2) is 4.98 Å². The molecular weight excluding hydrogens is 423 g/mol. The zero-order valence-corrected chi connectivity index (χ0v) is 17.5. The van der Waals surface area contributed by atoms with Gasteiger partial charge in [0.05, 0.1) is 12.7 Å². The number of nitrogens with zero attached hydrogens (tertiary/aromatic N) is 2. The van der Waals surface area contributed by atoms with E-state index in [1.165, 1.54) is 12.1 Å². The molecule has 1 heterocycles. The maximum atomic E-state index is 12.8. The van der Waals surface area contributed by atoms with Gasteiger partial charge in [0.25, 0.3) is 5.91 Å². The van der Waals surface area contributed by atoms with Crippen LogP contribution in [0.3, 0.4) is 0 Å². The van der Waals surface area contributed by atoms with E-state index in [2.05, 4.69) is 25.9 Å². The van der Waals surface area contributed by atoms with Crippen molar-refractivity contribution in [2.24, 2.45) is 0 Å². The molecule has 2 aromatic carbocycles. The Morgan fingerprint density at radius 2 is 1.78 bits per heavy atom. The molecule has 0 bridgehead atoms. The lowest BCUT2D eigenvalue weighted by molar-refractivity contribution is -0.137. The number of amides is 1. The summed E-state index contributed by atoms with van der Waals surface area (Å²) in [5.74, 6) is 1.08. The maximum absolute atomic E-state index is 12.8. The van der Waals surface area contributed by atoms with E-state index in [1.807, 2.05) is 31.2 Å². The smallest absolute Gasteiger partial charge is 0.416 e. The van der Waals surface area contributed by atoms with Crippen molar-refractivity contribution in [1.29, 1.82) is 0 Å². The molecule has 7 nitrogen and oxygen atoms in total. The summed E-state index contributed by atoms with van der Waals surface area (Å²) in [6.45, 7) is 2.28. The Kier molecular flexibility index (Phi) is 7.14. The van der Waals surface area contributed by atoms with Crippen LogP contribution in [0, 0.1) is 6.92 Å². The average molecular weight is 445 g/mol. The lowest BCUT2D eigenvalue weighted by Crippen LogP contribution is -2.29. The number of aromatic nitrogens is 2. The quantitative estimate of drug-likeness (QED) is 0.446. The minimum Gasteiger partial charge on any atom is -0.497 e. The van der Waals surface area contributed by atoms with Gasteiger partial charge < -0.3 is 20.7 Å². The summed E-state index contributed by atoms with van der Waals surface area (Å²) in [7, 11) is 1.59. The van der Waals surface area contributed by atoms with Crippen LogP contribution in [0.1, 0.15) is 21.6 Å². The highest BCUT2D eigenvalue weighted by Gasteiger charge is 2.30. The molecule has 0 radical (unpaired) electrons. The zero-order valence-electron chi connectivity index (χ0n) is 17.5. The number of benzene rings is 2. The van der Waals surface area contributed by atoms with Gasteiger partial charge in [0.15, 0.2) is 0 Å². The number of hydrogen-bond acceptors (Lipinski definition) is 6. The Morgan fingerprint density at radius 1 is 1.03 bits per heavy atom. The third-order valence-electron chi connectivity index (χ3n) is 4.36. The van der Waals surface area contributed by atoms with Crippen LogP contribution in [0.15, 0.2) is 54.6 Å². The fourth-order valence-electron chi connectivity index (χ4n) is 2.82. The fraction of sp³-hybridized carbons (Fsp3) is 0.227. The van der Waals surface area contributed by atoms with Gasteiger partial charge in [0.1, 0.15) is 11.6 Å². The van der Waals surface area contributed by atoms with Crippen molar-refractivity contribution in [3.8, 4) is 5.75 Å². The summed E-state index contributed by atoms with van der Waals surface area (Å²) in [4.78, 5) is 20.8. The highest BCUT2D eigenvalue weighted by Crippen LogP contribution is 2.29. The van der Waals surface area contributed by atoms with E-state index in [1.54, 1.807) is 13.2 Å². The molecule has 0 aliphatic rings. The molecule has 3 N–H and O–H groups in total. The average Bonchev–Trinajstić information content (AvgIpc) is 2.76. The molecule has 1 amide bonds. The molecule has 32 heavy (non-hydrogen) atoms. The van der Waals surface area contributed by atoms with Crippen LogP contribution >= 0.6 is 0 Å². The van der Waals surface area contributed by atoms with Crippen LogP contribution in [0.25, 0.3) is 0 Å². The molecule has 0 saturated heterocycles. The second-order valence-corrected chi connectivity index (χ2v) is 6.83. The lowest BCUT2D eigenvalue weighted by atomic mass is 10.1. The number of hydrogen-bond donors (Lipinski definition) is 3. The lowest BCUT2D eigenvalue weighted by Gasteiger charge is -2.11. The number of methoxy groups -OCH3 is 1. The van der Waals surface area contributed by atoms with Gasteiger partial charge in [-0.3, -0.25) is 4.79 Å².